The van der Waals surface area contributed by atoms with Crippen molar-refractivity contribution in [2.45, 2.75) is 32.7 Å². The predicted octanol–water partition coefficient (Wildman–Crippen LogP) is 2.51. The number of carbonyl (C=O) groups excluding carboxylic acids is 1. The van der Waals surface area contributed by atoms with Gasteiger partial charge in [0.1, 0.15) is 0 Å². The van der Waals surface area contributed by atoms with Gasteiger partial charge in [-0.2, -0.15) is 0 Å². The van der Waals surface area contributed by atoms with Gasteiger partial charge in [0.2, 0.25) is 0 Å². The summed E-state index contributed by atoms with van der Waals surface area (Å²) in [6.07, 6.45) is 2.25. The quantitative estimate of drug-likeness (QED) is 0.669. The van der Waals surface area contributed by atoms with Crippen molar-refractivity contribution in [1.29, 1.82) is 0 Å². The molecule has 1 aliphatic rings. The zero-order valence-corrected chi connectivity index (χ0v) is 13.2. The van der Waals surface area contributed by atoms with Crippen molar-refractivity contribution in [2.24, 2.45) is 5.92 Å². The summed E-state index contributed by atoms with van der Waals surface area (Å²) in [6.45, 7) is 6.64. The maximum Gasteiger partial charge on any atom is 0.324 e. The first-order valence-electron chi connectivity index (χ1n) is 7.23. The first-order chi connectivity index (χ1) is 9.99. The smallest absolute Gasteiger partial charge is 0.324 e. The molecule has 1 atom stereocenters. The van der Waals surface area contributed by atoms with Gasteiger partial charge in [-0.15, -0.1) is 0 Å². The minimum Gasteiger partial charge on any atom is -0.336 e. The van der Waals surface area contributed by atoms with Gasteiger partial charge in [-0.3, -0.25) is 14.9 Å². The topological polar surface area (TPSA) is 75.5 Å². The molecule has 6 nitrogen and oxygen atoms in total. The van der Waals surface area contributed by atoms with Crippen molar-refractivity contribution in [1.82, 2.24) is 10.2 Å². The fourth-order valence-corrected chi connectivity index (χ4v) is 3.28. The Labute approximate surface area is 128 Å². The molecular formula is C14H21N3O3S. The van der Waals surface area contributed by atoms with E-state index in [0.717, 1.165) is 37.3 Å². The molecule has 1 aliphatic heterocycles. The lowest BCUT2D eigenvalue weighted by atomic mass is 9.98. The van der Waals surface area contributed by atoms with Crippen molar-refractivity contribution in [3.63, 3.8) is 0 Å². The van der Waals surface area contributed by atoms with Gasteiger partial charge >= 0.3 is 5.00 Å². The Morgan fingerprint density at radius 2 is 2.38 bits per heavy atom. The predicted molar refractivity (Wildman–Crippen MR) is 82.7 cm³/mol. The molecule has 0 saturated carbocycles. The van der Waals surface area contributed by atoms with E-state index in [-0.39, 0.29) is 17.0 Å². The number of thiophene rings is 1. The molecule has 0 radical (unpaired) electrons. The van der Waals surface area contributed by atoms with Crippen LogP contribution in [0.15, 0.2) is 11.4 Å². The second-order valence-electron chi connectivity index (χ2n) is 5.69. The van der Waals surface area contributed by atoms with Crippen LogP contribution in [0.3, 0.4) is 0 Å². The van der Waals surface area contributed by atoms with E-state index < -0.39 is 4.92 Å². The summed E-state index contributed by atoms with van der Waals surface area (Å²) < 4.78 is 0. The van der Waals surface area contributed by atoms with E-state index in [0.29, 0.717) is 18.0 Å². The van der Waals surface area contributed by atoms with Gasteiger partial charge in [-0.25, -0.2) is 0 Å². The van der Waals surface area contributed by atoms with Crippen molar-refractivity contribution >= 4 is 22.2 Å². The fraction of sp³-hybridized carbons (Fsp3) is 0.643. The fourth-order valence-electron chi connectivity index (χ4n) is 2.58. The third-order valence-electron chi connectivity index (χ3n) is 3.75. The number of piperidine rings is 1. The second kappa shape index (κ2) is 7.00. The number of hydrogen-bond donors (Lipinski definition) is 1. The first kappa shape index (κ1) is 15.9. The average molecular weight is 311 g/mol. The van der Waals surface area contributed by atoms with Crippen LogP contribution in [0.4, 0.5) is 5.00 Å². The molecule has 1 unspecified atom stereocenters. The number of nitrogens with zero attached hydrogens (tertiary/aromatic N) is 2. The van der Waals surface area contributed by atoms with E-state index in [4.69, 9.17) is 0 Å². The van der Waals surface area contributed by atoms with Crippen molar-refractivity contribution in [2.75, 3.05) is 19.6 Å². The van der Waals surface area contributed by atoms with E-state index in [9.17, 15) is 14.9 Å². The third kappa shape index (κ3) is 4.01. The van der Waals surface area contributed by atoms with E-state index in [2.05, 4.69) is 5.32 Å². The summed E-state index contributed by atoms with van der Waals surface area (Å²) in [6, 6.07) is 1.46. The number of rotatable bonds is 5. The van der Waals surface area contributed by atoms with Crippen LogP contribution in [-0.2, 0) is 0 Å². The molecule has 1 aromatic heterocycles. The number of nitrogens with one attached hydrogen (secondary N) is 1. The van der Waals surface area contributed by atoms with Crippen LogP contribution in [0.1, 0.15) is 37.0 Å². The highest BCUT2D eigenvalue weighted by Gasteiger charge is 2.25. The summed E-state index contributed by atoms with van der Waals surface area (Å²) >= 11 is 1.00. The standard InChI is InChI=1S/C14H21N3O3S/c1-10(2)16(8-11-4-3-5-15-7-11)14(18)12-6-13(17(19)20)21-9-12/h6,9-11,15H,3-5,7-8H2,1-2H3. The van der Waals surface area contributed by atoms with Gasteiger partial charge in [-0.1, -0.05) is 11.3 Å². The van der Waals surface area contributed by atoms with Crippen LogP contribution in [-0.4, -0.2) is 41.4 Å². The SMILES string of the molecule is CC(C)N(CC1CCCNC1)C(=O)c1csc([N+](=O)[O-])c1. The number of amides is 1. The zero-order chi connectivity index (χ0) is 15.4. The monoisotopic (exact) mass is 311 g/mol. The molecule has 1 saturated heterocycles. The first-order valence-corrected chi connectivity index (χ1v) is 8.11. The van der Waals surface area contributed by atoms with Crippen LogP contribution in [0.2, 0.25) is 0 Å². The molecule has 116 valence electrons. The van der Waals surface area contributed by atoms with Gasteiger partial charge in [-0.05, 0) is 45.7 Å². The zero-order valence-electron chi connectivity index (χ0n) is 12.4. The van der Waals surface area contributed by atoms with Crippen LogP contribution >= 0.6 is 11.3 Å². The van der Waals surface area contributed by atoms with Gasteiger partial charge < -0.3 is 10.2 Å². The highest BCUT2D eigenvalue weighted by atomic mass is 32.1. The van der Waals surface area contributed by atoms with E-state index in [1.807, 2.05) is 18.7 Å². The van der Waals surface area contributed by atoms with Gasteiger partial charge in [0.25, 0.3) is 5.91 Å². The summed E-state index contributed by atoms with van der Waals surface area (Å²) in [5.41, 5.74) is 0.421. The Morgan fingerprint density at radius 1 is 1.62 bits per heavy atom. The van der Waals surface area contributed by atoms with Gasteiger partial charge in [0.05, 0.1) is 10.5 Å². The van der Waals surface area contributed by atoms with E-state index in [1.165, 1.54) is 6.07 Å². The Kier molecular flexibility index (Phi) is 5.30. The largest absolute Gasteiger partial charge is 0.336 e. The minimum absolute atomic E-state index is 0.0152. The highest BCUT2D eigenvalue weighted by molar-refractivity contribution is 7.13. The molecule has 0 bridgehead atoms. The number of carbonyl (C=O) groups is 1. The van der Waals surface area contributed by atoms with Crippen molar-refractivity contribution < 1.29 is 9.72 Å². The summed E-state index contributed by atoms with van der Waals surface area (Å²) in [5.74, 6) is 0.346. The molecule has 0 aliphatic carbocycles. The molecule has 1 aromatic rings. The minimum atomic E-state index is -0.452. The molecule has 1 fully saturated rings. The normalized spacial score (nSPS) is 18.7. The van der Waals surface area contributed by atoms with Crippen LogP contribution < -0.4 is 5.32 Å². The van der Waals surface area contributed by atoms with Gasteiger partial charge in [0.15, 0.2) is 0 Å². The van der Waals surface area contributed by atoms with Crippen LogP contribution in [0.5, 0.6) is 0 Å². The van der Waals surface area contributed by atoms with Gasteiger partial charge in [0, 0.05) is 24.0 Å². The molecule has 2 heterocycles. The summed E-state index contributed by atoms with van der Waals surface area (Å²) in [7, 11) is 0. The maximum absolute atomic E-state index is 12.6. The number of nitro groups is 1. The maximum atomic E-state index is 12.6. The van der Waals surface area contributed by atoms with E-state index in [1.54, 1.807) is 5.38 Å². The van der Waals surface area contributed by atoms with E-state index >= 15 is 0 Å². The third-order valence-corrected chi connectivity index (χ3v) is 4.63. The Morgan fingerprint density at radius 3 is 2.90 bits per heavy atom. The molecule has 0 aromatic carbocycles. The Balaban J connectivity index is 2.08. The molecule has 21 heavy (non-hydrogen) atoms. The molecule has 1 amide bonds. The van der Waals surface area contributed by atoms with Crippen LogP contribution in [0, 0.1) is 16.0 Å². The molecule has 0 spiro atoms. The Bertz CT molecular complexity index is 509. The molecule has 2 rings (SSSR count). The summed E-state index contributed by atoms with van der Waals surface area (Å²) in [5, 5.41) is 15.7. The molecular weight excluding hydrogens is 290 g/mol. The van der Waals surface area contributed by atoms with Crippen LogP contribution in [0.25, 0.3) is 0 Å². The van der Waals surface area contributed by atoms with Crippen molar-refractivity contribution in [3.8, 4) is 0 Å². The summed E-state index contributed by atoms with van der Waals surface area (Å²) in [4.78, 5) is 24.7. The highest BCUT2D eigenvalue weighted by Crippen LogP contribution is 2.25. The Hall–Kier alpha value is -1.47. The average Bonchev–Trinajstić information content (AvgIpc) is 2.95. The second-order valence-corrected chi connectivity index (χ2v) is 6.58. The molecule has 7 heteroatoms. The lowest BCUT2D eigenvalue weighted by Gasteiger charge is -2.32. The lowest BCUT2D eigenvalue weighted by Crippen LogP contribution is -2.44. The molecule has 1 N–H and O–H groups in total. The lowest BCUT2D eigenvalue weighted by molar-refractivity contribution is -0.380. The number of hydrogen-bond acceptors (Lipinski definition) is 5. The van der Waals surface area contributed by atoms with Crippen molar-refractivity contribution in [3.05, 3.63) is 27.1 Å².